The van der Waals surface area contributed by atoms with Gasteiger partial charge in [0.15, 0.2) is 18.1 Å². The van der Waals surface area contributed by atoms with Gasteiger partial charge in [-0.25, -0.2) is 0 Å². The molecule has 7 heteroatoms. The number of piperazine rings is 1. The summed E-state index contributed by atoms with van der Waals surface area (Å²) >= 11 is 0. The fourth-order valence-electron chi connectivity index (χ4n) is 4.17. The molecule has 0 unspecified atom stereocenters. The van der Waals surface area contributed by atoms with Crippen LogP contribution < -0.4 is 19.7 Å². The Morgan fingerprint density at radius 2 is 1.66 bits per heavy atom. The summed E-state index contributed by atoms with van der Waals surface area (Å²) in [7, 11) is 1.50. The molecule has 0 spiro atoms. The van der Waals surface area contributed by atoms with Gasteiger partial charge in [0.1, 0.15) is 0 Å². The van der Waals surface area contributed by atoms with Crippen molar-refractivity contribution in [1.82, 2.24) is 10.2 Å². The van der Waals surface area contributed by atoms with E-state index in [1.165, 1.54) is 18.4 Å². The summed E-state index contributed by atoms with van der Waals surface area (Å²) in [4.78, 5) is 17.3. The number of nitriles is 1. The maximum atomic E-state index is 12.4. The monoisotopic (exact) mass is 470 g/mol. The smallest absolute Gasteiger partial charge is 0.258 e. The number of ether oxygens (including phenoxy) is 2. The van der Waals surface area contributed by atoms with Crippen molar-refractivity contribution in [3.63, 3.8) is 0 Å². The van der Waals surface area contributed by atoms with Crippen molar-refractivity contribution in [2.24, 2.45) is 0 Å². The summed E-state index contributed by atoms with van der Waals surface area (Å²) in [5.41, 5.74) is 4.06. The van der Waals surface area contributed by atoms with Crippen molar-refractivity contribution >= 4 is 11.6 Å². The van der Waals surface area contributed by atoms with Crippen molar-refractivity contribution in [1.29, 1.82) is 5.26 Å². The quantitative estimate of drug-likeness (QED) is 0.515. The highest BCUT2D eigenvalue weighted by Crippen LogP contribution is 2.27. The molecular formula is C28H30N4O3. The molecule has 1 fully saturated rings. The molecule has 35 heavy (non-hydrogen) atoms. The van der Waals surface area contributed by atoms with Crippen LogP contribution in [-0.4, -0.2) is 50.7 Å². The second-order valence-corrected chi connectivity index (χ2v) is 8.41. The van der Waals surface area contributed by atoms with Crippen LogP contribution in [0.3, 0.4) is 0 Å². The molecule has 0 atom stereocenters. The Kier molecular flexibility index (Phi) is 8.21. The van der Waals surface area contributed by atoms with Crippen LogP contribution in [0.25, 0.3) is 0 Å². The van der Waals surface area contributed by atoms with E-state index in [4.69, 9.17) is 14.7 Å². The van der Waals surface area contributed by atoms with E-state index < -0.39 is 0 Å². The van der Waals surface area contributed by atoms with Crippen molar-refractivity contribution in [2.45, 2.75) is 13.1 Å². The SMILES string of the molecule is COc1cc(C#N)ccc1OCC(=O)NCc1ccccc1CN1CCN(c2ccccc2)CC1. The van der Waals surface area contributed by atoms with Gasteiger partial charge in [-0.15, -0.1) is 0 Å². The van der Waals surface area contributed by atoms with Gasteiger partial charge in [0.05, 0.1) is 18.7 Å². The van der Waals surface area contributed by atoms with Crippen molar-refractivity contribution in [2.75, 3.05) is 44.8 Å². The number of carbonyl (C=O) groups is 1. The summed E-state index contributed by atoms with van der Waals surface area (Å²) in [6.45, 7) is 5.15. The van der Waals surface area contributed by atoms with Gasteiger partial charge in [0, 0.05) is 51.0 Å². The van der Waals surface area contributed by atoms with Gasteiger partial charge in [-0.05, 0) is 35.4 Å². The van der Waals surface area contributed by atoms with Gasteiger partial charge >= 0.3 is 0 Å². The molecule has 4 rings (SSSR count). The maximum absolute atomic E-state index is 12.4. The number of hydrogen-bond acceptors (Lipinski definition) is 6. The lowest BCUT2D eigenvalue weighted by Gasteiger charge is -2.36. The Morgan fingerprint density at radius 3 is 2.37 bits per heavy atom. The molecule has 0 saturated carbocycles. The lowest BCUT2D eigenvalue weighted by Crippen LogP contribution is -2.46. The number of benzene rings is 3. The first-order chi connectivity index (χ1) is 17.2. The minimum absolute atomic E-state index is 0.133. The van der Waals surface area contributed by atoms with Crippen LogP contribution in [0, 0.1) is 11.3 Å². The second-order valence-electron chi connectivity index (χ2n) is 8.41. The Balaban J connectivity index is 1.27. The fourth-order valence-corrected chi connectivity index (χ4v) is 4.17. The van der Waals surface area contributed by atoms with Gasteiger partial charge < -0.3 is 19.7 Å². The first-order valence-corrected chi connectivity index (χ1v) is 11.7. The Labute approximate surface area is 206 Å². The van der Waals surface area contributed by atoms with Crippen LogP contribution in [0.5, 0.6) is 11.5 Å². The van der Waals surface area contributed by atoms with Crippen LogP contribution in [-0.2, 0) is 17.9 Å². The number of amides is 1. The predicted molar refractivity (Wildman–Crippen MR) is 135 cm³/mol. The van der Waals surface area contributed by atoms with Crippen molar-refractivity contribution in [3.8, 4) is 17.6 Å². The number of methoxy groups -OCH3 is 1. The largest absolute Gasteiger partial charge is 0.493 e. The highest BCUT2D eigenvalue weighted by Gasteiger charge is 2.18. The molecule has 1 aliphatic rings. The molecule has 0 radical (unpaired) electrons. The molecule has 0 aliphatic carbocycles. The van der Waals surface area contributed by atoms with Gasteiger partial charge in [0.25, 0.3) is 5.91 Å². The van der Waals surface area contributed by atoms with Crippen LogP contribution >= 0.6 is 0 Å². The number of hydrogen-bond donors (Lipinski definition) is 1. The number of nitrogens with one attached hydrogen (secondary N) is 1. The first kappa shape index (κ1) is 24.1. The Morgan fingerprint density at radius 1 is 0.943 bits per heavy atom. The molecular weight excluding hydrogens is 440 g/mol. The summed E-state index contributed by atoms with van der Waals surface area (Å²) < 4.78 is 10.9. The number of anilines is 1. The number of para-hydroxylation sites is 1. The number of carbonyl (C=O) groups excluding carboxylic acids is 1. The minimum atomic E-state index is -0.220. The highest BCUT2D eigenvalue weighted by molar-refractivity contribution is 5.77. The molecule has 180 valence electrons. The van der Waals surface area contributed by atoms with E-state index in [9.17, 15) is 4.79 Å². The zero-order valence-corrected chi connectivity index (χ0v) is 19.9. The lowest BCUT2D eigenvalue weighted by molar-refractivity contribution is -0.123. The van der Waals surface area contributed by atoms with E-state index in [1.807, 2.05) is 18.2 Å². The van der Waals surface area contributed by atoms with Crippen LogP contribution in [0.4, 0.5) is 5.69 Å². The van der Waals surface area contributed by atoms with Gasteiger partial charge in [0.2, 0.25) is 0 Å². The zero-order chi connectivity index (χ0) is 24.5. The maximum Gasteiger partial charge on any atom is 0.258 e. The Bertz CT molecular complexity index is 1170. The van der Waals surface area contributed by atoms with Crippen molar-refractivity contribution in [3.05, 3.63) is 89.5 Å². The molecule has 1 saturated heterocycles. The third-order valence-electron chi connectivity index (χ3n) is 6.13. The van der Waals surface area contributed by atoms with Crippen LogP contribution in [0.15, 0.2) is 72.8 Å². The molecule has 1 heterocycles. The van der Waals surface area contributed by atoms with E-state index in [1.54, 1.807) is 18.2 Å². The molecule has 3 aromatic carbocycles. The molecule has 7 nitrogen and oxygen atoms in total. The topological polar surface area (TPSA) is 77.8 Å². The third kappa shape index (κ3) is 6.52. The highest BCUT2D eigenvalue weighted by atomic mass is 16.5. The summed E-state index contributed by atoms with van der Waals surface area (Å²) in [5, 5.41) is 12.0. The minimum Gasteiger partial charge on any atom is -0.493 e. The average molecular weight is 471 g/mol. The molecule has 0 aromatic heterocycles. The normalized spacial score (nSPS) is 13.7. The van der Waals surface area contributed by atoms with E-state index in [0.717, 1.165) is 38.3 Å². The van der Waals surface area contributed by atoms with E-state index in [0.29, 0.717) is 23.6 Å². The van der Waals surface area contributed by atoms with Crippen molar-refractivity contribution < 1.29 is 14.3 Å². The molecule has 1 amide bonds. The van der Waals surface area contributed by atoms with Gasteiger partial charge in [-0.2, -0.15) is 5.26 Å². The average Bonchev–Trinajstić information content (AvgIpc) is 2.92. The lowest BCUT2D eigenvalue weighted by atomic mass is 10.1. The predicted octanol–water partition coefficient (Wildman–Crippen LogP) is 3.58. The number of rotatable bonds is 9. The zero-order valence-electron chi connectivity index (χ0n) is 19.9. The van der Waals surface area contributed by atoms with Gasteiger partial charge in [-0.1, -0.05) is 42.5 Å². The fraction of sp³-hybridized carbons (Fsp3) is 0.286. The first-order valence-electron chi connectivity index (χ1n) is 11.7. The summed E-state index contributed by atoms with van der Waals surface area (Å²) in [6, 6.07) is 25.7. The molecule has 3 aromatic rings. The number of nitrogens with zero attached hydrogens (tertiary/aromatic N) is 3. The standard InChI is InChI=1S/C28H30N4O3/c1-34-27-17-22(18-29)11-12-26(27)35-21-28(33)30-19-23-7-5-6-8-24(23)20-31-13-15-32(16-14-31)25-9-3-2-4-10-25/h2-12,17H,13-16,19-21H2,1H3,(H,30,33). The third-order valence-corrected chi connectivity index (χ3v) is 6.13. The Hall–Kier alpha value is -4.02. The van der Waals surface area contributed by atoms with E-state index >= 15 is 0 Å². The molecule has 1 N–H and O–H groups in total. The van der Waals surface area contributed by atoms with E-state index in [2.05, 4.69) is 57.6 Å². The van der Waals surface area contributed by atoms with Crippen LogP contribution in [0.2, 0.25) is 0 Å². The van der Waals surface area contributed by atoms with Crippen LogP contribution in [0.1, 0.15) is 16.7 Å². The molecule has 1 aliphatic heterocycles. The second kappa shape index (κ2) is 11.9. The van der Waals surface area contributed by atoms with E-state index in [-0.39, 0.29) is 12.5 Å². The summed E-state index contributed by atoms with van der Waals surface area (Å²) in [6.07, 6.45) is 0. The van der Waals surface area contributed by atoms with Gasteiger partial charge in [-0.3, -0.25) is 9.69 Å². The summed E-state index contributed by atoms with van der Waals surface area (Å²) in [5.74, 6) is 0.633. The molecule has 0 bridgehead atoms.